The molecule has 0 bridgehead atoms. The molecular weight excluding hydrogens is 574 g/mol. The van der Waals surface area contributed by atoms with E-state index in [1.165, 1.54) is 37.9 Å². The van der Waals surface area contributed by atoms with Crippen molar-refractivity contribution in [2.45, 2.75) is 46.0 Å². The molecule has 0 radical (unpaired) electrons. The molecule has 0 saturated carbocycles. The lowest BCUT2D eigenvalue weighted by molar-refractivity contribution is 0.0893. The molecule has 3 nitrogen and oxygen atoms in total. The Morgan fingerprint density at radius 1 is 0.556 bits per heavy atom. The lowest BCUT2D eigenvalue weighted by Gasteiger charge is -2.33. The highest BCUT2D eigenvalue weighted by Crippen LogP contribution is 2.49. The summed E-state index contributed by atoms with van der Waals surface area (Å²) in [6.45, 7) is 8.46. The summed E-state index contributed by atoms with van der Waals surface area (Å²) in [5, 5.41) is 9.48. The molecule has 0 fully saturated rings. The molecule has 2 amide bonds. The first-order valence-corrected chi connectivity index (χ1v) is 16.1. The Morgan fingerprint density at radius 2 is 1.07 bits per heavy atom. The van der Waals surface area contributed by atoms with E-state index in [1.807, 2.05) is 36.4 Å². The van der Waals surface area contributed by atoms with Crippen molar-refractivity contribution in [2.24, 2.45) is 0 Å². The van der Waals surface area contributed by atoms with E-state index in [1.54, 1.807) is 0 Å². The Balaban J connectivity index is 1.34. The predicted molar refractivity (Wildman–Crippen MR) is 187 cm³/mol. The fraction of sp³-hybridized carbons (Fsp3) is 0.171. The van der Waals surface area contributed by atoms with Gasteiger partial charge in [-0.1, -0.05) is 100.0 Å². The van der Waals surface area contributed by atoms with Crippen molar-refractivity contribution >= 4 is 72.2 Å². The second kappa shape index (κ2) is 9.15. The Morgan fingerprint density at radius 3 is 1.64 bits per heavy atom. The third-order valence-electron chi connectivity index (χ3n) is 10.2. The van der Waals surface area contributed by atoms with Gasteiger partial charge in [0, 0.05) is 21.5 Å². The average molecular weight is 604 g/mol. The van der Waals surface area contributed by atoms with E-state index in [2.05, 4.69) is 76.2 Å². The molecule has 7 aromatic rings. The molecule has 0 saturated heterocycles. The van der Waals surface area contributed by atoms with Gasteiger partial charge < -0.3 is 0 Å². The summed E-state index contributed by atoms with van der Waals surface area (Å²) in [7, 11) is 0. The first-order chi connectivity index (χ1) is 21.7. The van der Waals surface area contributed by atoms with Crippen LogP contribution in [0.2, 0.25) is 5.02 Å². The first-order valence-electron chi connectivity index (χ1n) is 15.7. The van der Waals surface area contributed by atoms with Crippen molar-refractivity contribution in [3.05, 3.63) is 123 Å². The van der Waals surface area contributed by atoms with Crippen molar-refractivity contribution in [1.29, 1.82) is 0 Å². The number of benzene rings is 7. The van der Waals surface area contributed by atoms with Gasteiger partial charge >= 0.3 is 0 Å². The summed E-state index contributed by atoms with van der Waals surface area (Å²) in [6.07, 6.45) is 0.832. The van der Waals surface area contributed by atoms with Gasteiger partial charge in [0.2, 0.25) is 0 Å². The number of halogens is 1. The van der Waals surface area contributed by atoms with E-state index in [9.17, 15) is 9.59 Å². The largest absolute Gasteiger partial charge is 0.268 e. The van der Waals surface area contributed by atoms with Crippen LogP contribution in [0.15, 0.2) is 84.9 Å². The summed E-state index contributed by atoms with van der Waals surface area (Å²) >= 11 is 6.39. The van der Waals surface area contributed by atoms with Crippen LogP contribution >= 0.6 is 11.6 Å². The zero-order valence-corrected chi connectivity index (χ0v) is 26.3. The maximum Gasteiger partial charge on any atom is 0.266 e. The topological polar surface area (TPSA) is 37.4 Å². The molecule has 0 N–H and O–H groups in total. The summed E-state index contributed by atoms with van der Waals surface area (Å²) < 4.78 is 0. The number of nitrogens with zero attached hydrogens (tertiary/aromatic N) is 1. The summed E-state index contributed by atoms with van der Waals surface area (Å²) in [6, 6.07) is 29.3. The molecular formula is C41H30ClNO2. The summed E-state index contributed by atoms with van der Waals surface area (Å²) in [5.74, 6) is -0.202. The van der Waals surface area contributed by atoms with Crippen molar-refractivity contribution in [3.8, 4) is 11.1 Å². The molecule has 218 valence electrons. The number of carbonyl (C=O) groups excluding carboxylic acids is 2. The number of fused-ring (bicyclic) bond motifs is 4. The molecule has 0 unspecified atom stereocenters. The summed E-state index contributed by atoms with van der Waals surface area (Å²) in [4.78, 5) is 30.5. The average Bonchev–Trinajstić information content (AvgIpc) is 3.03. The standard InChI is InChI=1S/C41H30ClNO2/c1-20(2)25-6-5-7-26(21(3)4)39(25)43-40(44)33-16-14-31-29-10-8-22-18-23-19-24(42)9-11-27(23)28-12-13-30(36(29)35(22)28)32-15-17-34(41(43)45)38(33)37(31)32/h5-17,19-21H,18H2,1-4H3. The van der Waals surface area contributed by atoms with Gasteiger partial charge in [0.15, 0.2) is 0 Å². The fourth-order valence-corrected chi connectivity index (χ4v) is 8.37. The second-order valence-electron chi connectivity index (χ2n) is 13.3. The van der Waals surface area contributed by atoms with E-state index >= 15 is 0 Å². The van der Waals surface area contributed by atoms with Gasteiger partial charge in [0.1, 0.15) is 0 Å². The molecule has 0 atom stereocenters. The lowest BCUT2D eigenvalue weighted by atomic mass is 9.79. The van der Waals surface area contributed by atoms with Crippen LogP contribution in [-0.4, -0.2) is 11.8 Å². The third-order valence-corrected chi connectivity index (χ3v) is 10.4. The quantitative estimate of drug-likeness (QED) is 0.114. The van der Waals surface area contributed by atoms with Crippen LogP contribution < -0.4 is 4.90 Å². The molecule has 7 aromatic carbocycles. The van der Waals surface area contributed by atoms with Gasteiger partial charge in [-0.15, -0.1) is 0 Å². The van der Waals surface area contributed by atoms with Gasteiger partial charge in [-0.05, 0) is 114 Å². The van der Waals surface area contributed by atoms with E-state index in [4.69, 9.17) is 11.6 Å². The minimum atomic E-state index is -0.252. The van der Waals surface area contributed by atoms with Crippen LogP contribution in [-0.2, 0) is 6.42 Å². The van der Waals surface area contributed by atoms with Crippen LogP contribution in [0.1, 0.15) is 82.5 Å². The molecule has 0 aromatic heterocycles. The summed E-state index contributed by atoms with van der Waals surface area (Å²) in [5.41, 5.74) is 8.91. The Labute approximate surface area is 266 Å². The predicted octanol–water partition coefficient (Wildman–Crippen LogP) is 11.0. The zero-order chi connectivity index (χ0) is 30.9. The first kappa shape index (κ1) is 26.7. The SMILES string of the molecule is CC(C)c1cccc(C(C)C)c1N1C(=O)c2ccc3c4ccc5c6c(ccc(c7ccc(c2c37)C1=O)c64)-c1ccc(Cl)cc1C5. The van der Waals surface area contributed by atoms with Crippen LogP contribution in [0.3, 0.4) is 0 Å². The molecule has 4 heteroatoms. The van der Waals surface area contributed by atoms with Crippen molar-refractivity contribution in [2.75, 3.05) is 4.90 Å². The fourth-order valence-electron chi connectivity index (χ4n) is 8.17. The highest BCUT2D eigenvalue weighted by atomic mass is 35.5. The van der Waals surface area contributed by atoms with Crippen LogP contribution in [0.5, 0.6) is 0 Å². The lowest BCUT2D eigenvalue weighted by Crippen LogP contribution is -2.41. The van der Waals surface area contributed by atoms with Gasteiger partial charge in [0.05, 0.1) is 5.69 Å². The van der Waals surface area contributed by atoms with Crippen molar-refractivity contribution < 1.29 is 9.59 Å². The Hall–Kier alpha value is -4.73. The van der Waals surface area contributed by atoms with Gasteiger partial charge in [-0.25, -0.2) is 4.90 Å². The van der Waals surface area contributed by atoms with E-state index in [0.717, 1.165) is 60.6 Å². The van der Waals surface area contributed by atoms with Gasteiger partial charge in [-0.3, -0.25) is 9.59 Å². The maximum absolute atomic E-state index is 14.5. The number of hydrogen-bond acceptors (Lipinski definition) is 2. The van der Waals surface area contributed by atoms with E-state index in [0.29, 0.717) is 11.1 Å². The van der Waals surface area contributed by atoms with Crippen molar-refractivity contribution in [3.63, 3.8) is 0 Å². The molecule has 1 aliphatic heterocycles. The van der Waals surface area contributed by atoms with Crippen LogP contribution in [0, 0.1) is 0 Å². The molecule has 2 aliphatic rings. The Bertz CT molecular complexity index is 2370. The van der Waals surface area contributed by atoms with E-state index in [-0.39, 0.29) is 23.7 Å². The normalized spacial score (nSPS) is 14.2. The number of anilines is 1. The minimum Gasteiger partial charge on any atom is -0.268 e. The molecule has 45 heavy (non-hydrogen) atoms. The molecule has 1 heterocycles. The number of para-hydroxylation sites is 1. The highest BCUT2D eigenvalue weighted by Gasteiger charge is 2.38. The van der Waals surface area contributed by atoms with E-state index < -0.39 is 0 Å². The molecule has 1 aliphatic carbocycles. The third kappa shape index (κ3) is 3.42. The van der Waals surface area contributed by atoms with Crippen LogP contribution in [0.4, 0.5) is 5.69 Å². The van der Waals surface area contributed by atoms with Crippen molar-refractivity contribution in [1.82, 2.24) is 0 Å². The number of amides is 2. The molecule has 0 spiro atoms. The Kier molecular flexibility index (Phi) is 5.42. The number of hydrogen-bond donors (Lipinski definition) is 0. The number of carbonyl (C=O) groups is 2. The zero-order valence-electron chi connectivity index (χ0n) is 25.6. The van der Waals surface area contributed by atoms with Gasteiger partial charge in [0.25, 0.3) is 11.8 Å². The monoisotopic (exact) mass is 603 g/mol. The van der Waals surface area contributed by atoms with Crippen LogP contribution in [0.25, 0.3) is 54.2 Å². The molecule has 9 rings (SSSR count). The minimum absolute atomic E-state index is 0.152. The number of imide groups is 1. The highest BCUT2D eigenvalue weighted by molar-refractivity contribution is 6.43. The van der Waals surface area contributed by atoms with Gasteiger partial charge in [-0.2, -0.15) is 0 Å². The second-order valence-corrected chi connectivity index (χ2v) is 13.7. The maximum atomic E-state index is 14.5. The number of rotatable bonds is 3. The smallest absolute Gasteiger partial charge is 0.266 e.